The summed E-state index contributed by atoms with van der Waals surface area (Å²) in [5.74, 6) is 0. The molecule has 0 amide bonds. The third kappa shape index (κ3) is 377. The second-order valence-electron chi connectivity index (χ2n) is 0.866. The normalized spacial score (nSPS) is 4.05. The molecule has 0 heterocycles. The van der Waals surface area contributed by atoms with Gasteiger partial charge in [0.25, 0.3) is 0 Å². The largest absolute Gasteiger partial charge is 3.00 e. The smallest absolute Gasteiger partial charge is 2.00 e. The maximum Gasteiger partial charge on any atom is 3.00 e. The molecule has 0 unspecified atom stereocenters. The van der Waals surface area contributed by atoms with Gasteiger partial charge in [0.1, 0.15) is 0 Å². The molecule has 12 nitrogen and oxygen atoms in total. The standard InChI is InChI=1S/3BO3.5La.3O/c3*2-1(3)4;;;;;;;;/q3*-3;5*+3;3*-2. The first kappa shape index (κ1) is 72.6. The van der Waals surface area contributed by atoms with Crippen LogP contribution in [-0.2, 0) is 16.4 Å². The molecular formula is B3La5O12. The van der Waals surface area contributed by atoms with Gasteiger partial charge in [-0.05, 0) is 0 Å². The van der Waals surface area contributed by atoms with Crippen molar-refractivity contribution in [3.8, 4) is 0 Å². The molecule has 0 atom stereocenters. The fraction of sp³-hybridized carbons (Fsp3) is 0. The van der Waals surface area contributed by atoms with Crippen molar-refractivity contribution in [1.82, 2.24) is 0 Å². The van der Waals surface area contributed by atoms with Crippen molar-refractivity contribution in [2.45, 2.75) is 0 Å². The summed E-state index contributed by atoms with van der Waals surface area (Å²) in [6.45, 7) is 0. The van der Waals surface area contributed by atoms with Gasteiger partial charge >= 0.3 is 178 Å². The van der Waals surface area contributed by atoms with E-state index < -0.39 is 22.0 Å². The Morgan fingerprint density at radius 3 is 0.300 bits per heavy atom. The van der Waals surface area contributed by atoms with E-state index in [2.05, 4.69) is 0 Å². The third-order valence-electron chi connectivity index (χ3n) is 0. The molecule has 0 aliphatic carbocycles. The fourth-order valence-electron chi connectivity index (χ4n) is 0. The minimum atomic E-state index is -2.92. The van der Waals surface area contributed by atoms with Crippen molar-refractivity contribution in [2.75, 3.05) is 0 Å². The summed E-state index contributed by atoms with van der Waals surface area (Å²) in [4.78, 5) is 0. The molecule has 0 aliphatic rings. The van der Waals surface area contributed by atoms with Crippen molar-refractivity contribution >= 4 is 22.0 Å². The Morgan fingerprint density at radius 1 is 0.300 bits per heavy atom. The van der Waals surface area contributed by atoms with Crippen LogP contribution < -0.4 is 45.2 Å². The van der Waals surface area contributed by atoms with Crippen LogP contribution in [0.15, 0.2) is 0 Å². The van der Waals surface area contributed by atoms with E-state index in [0.29, 0.717) is 0 Å². The summed E-state index contributed by atoms with van der Waals surface area (Å²) < 4.78 is 0. The molecule has 0 spiro atoms. The average molecular weight is 919 g/mol. The van der Waals surface area contributed by atoms with Crippen molar-refractivity contribution < 1.29 is 240 Å². The second kappa shape index (κ2) is 64.2. The summed E-state index contributed by atoms with van der Waals surface area (Å²) in [6.07, 6.45) is 0. The minimum Gasteiger partial charge on any atom is -2.00 e. The zero-order valence-electron chi connectivity index (χ0n) is 9.52. The van der Waals surface area contributed by atoms with Crippen LogP contribution in [-0.4, -0.2) is 22.0 Å². The van der Waals surface area contributed by atoms with Crippen LogP contribution in [0.1, 0.15) is 0 Å². The molecular weight excluding hydrogens is 919 g/mol. The Balaban J connectivity index is -0.00000000562. The first-order valence-electron chi connectivity index (χ1n) is 2.12. The molecule has 0 aromatic rings. The zero-order valence-corrected chi connectivity index (χ0v) is 27.6. The zero-order chi connectivity index (χ0) is 10.7. The first-order chi connectivity index (χ1) is 5.20. The predicted molar refractivity (Wildman–Crippen MR) is 19.3 cm³/mol. The summed E-state index contributed by atoms with van der Waals surface area (Å²) in [6, 6.07) is 0. The maximum absolute atomic E-state index is 8.42. The SMILES string of the molecule is [La+3].[La+3].[La+3].[La+3].[La+3].[O-2].[O-2].[O-2].[O-]B([O-])[O-].[O-]B([O-])[O-].[O-]B([O-])[O-]. The maximum atomic E-state index is 8.42. The number of hydrogen-bond acceptors (Lipinski definition) is 9. The van der Waals surface area contributed by atoms with Crippen LogP contribution >= 0.6 is 0 Å². The summed E-state index contributed by atoms with van der Waals surface area (Å²) in [7, 11) is -8.75. The van der Waals surface area contributed by atoms with E-state index in [9.17, 15) is 0 Å². The van der Waals surface area contributed by atoms with E-state index in [4.69, 9.17) is 45.2 Å². The molecule has 0 rings (SSSR count). The van der Waals surface area contributed by atoms with Crippen LogP contribution in [0.2, 0.25) is 0 Å². The minimum absolute atomic E-state index is 0. The van der Waals surface area contributed by atoms with Crippen molar-refractivity contribution in [3.63, 3.8) is 0 Å². The van der Waals surface area contributed by atoms with Crippen LogP contribution in [0.5, 0.6) is 0 Å². The van der Waals surface area contributed by atoms with Gasteiger partial charge in [-0.25, -0.2) is 0 Å². The molecule has 20 heavy (non-hydrogen) atoms. The van der Waals surface area contributed by atoms with E-state index in [0.717, 1.165) is 0 Å². The topological polar surface area (TPSA) is 293 Å². The average Bonchev–Trinajstić information content (AvgIpc) is 1.54. The molecule has 0 saturated carbocycles. The molecule has 0 radical (unpaired) electrons. The Morgan fingerprint density at radius 2 is 0.300 bits per heavy atom. The molecule has 0 N–H and O–H groups in total. The predicted octanol–water partition coefficient (Wildman–Crippen LogP) is -12.2. The van der Waals surface area contributed by atoms with Crippen LogP contribution in [0.25, 0.3) is 0 Å². The van der Waals surface area contributed by atoms with Crippen molar-refractivity contribution in [1.29, 1.82) is 0 Å². The van der Waals surface area contributed by atoms with E-state index in [1.54, 1.807) is 0 Å². The molecule has 0 fully saturated rings. The Bertz CT molecular complexity index is 55.6. The Kier molecular flexibility index (Phi) is 233. The quantitative estimate of drug-likeness (QED) is 0.208. The van der Waals surface area contributed by atoms with E-state index in [1.807, 2.05) is 0 Å². The van der Waals surface area contributed by atoms with Gasteiger partial charge in [0.15, 0.2) is 0 Å². The van der Waals surface area contributed by atoms with Gasteiger partial charge < -0.3 is 61.6 Å². The van der Waals surface area contributed by atoms with Gasteiger partial charge in [0.2, 0.25) is 0 Å². The van der Waals surface area contributed by atoms with Crippen LogP contribution in [0, 0.1) is 178 Å². The molecule has 0 aromatic heterocycles. The van der Waals surface area contributed by atoms with Gasteiger partial charge in [-0.3, -0.25) is 22.0 Å². The monoisotopic (exact) mass is 919 g/mol. The molecule has 0 bridgehead atoms. The number of hydrogen-bond donors (Lipinski definition) is 0. The van der Waals surface area contributed by atoms with Gasteiger partial charge in [0, 0.05) is 0 Å². The van der Waals surface area contributed by atoms with Crippen molar-refractivity contribution in [2.24, 2.45) is 0 Å². The summed E-state index contributed by atoms with van der Waals surface area (Å²) in [5, 5.41) is 75.8. The number of rotatable bonds is 0. The van der Waals surface area contributed by atoms with Crippen molar-refractivity contribution in [3.05, 3.63) is 0 Å². The van der Waals surface area contributed by atoms with Gasteiger partial charge in [0.05, 0.1) is 0 Å². The first-order valence-corrected chi connectivity index (χ1v) is 2.12. The summed E-state index contributed by atoms with van der Waals surface area (Å²) in [5.41, 5.74) is 0. The Hall–Kier alpha value is 5.69. The Labute approximate surface area is 255 Å². The van der Waals surface area contributed by atoms with Gasteiger partial charge in [-0.1, -0.05) is 0 Å². The van der Waals surface area contributed by atoms with E-state index in [1.165, 1.54) is 0 Å². The molecule has 96 valence electrons. The van der Waals surface area contributed by atoms with E-state index >= 15 is 0 Å². The van der Waals surface area contributed by atoms with Gasteiger partial charge in [-0.2, -0.15) is 0 Å². The second-order valence-corrected chi connectivity index (χ2v) is 0.866. The van der Waals surface area contributed by atoms with Gasteiger partial charge in [-0.15, -0.1) is 0 Å². The van der Waals surface area contributed by atoms with Crippen LogP contribution in [0.4, 0.5) is 0 Å². The molecule has 20 heteroatoms. The molecule has 0 aliphatic heterocycles. The third-order valence-corrected chi connectivity index (χ3v) is 0. The fourth-order valence-corrected chi connectivity index (χ4v) is 0. The summed E-state index contributed by atoms with van der Waals surface area (Å²) >= 11 is 0. The van der Waals surface area contributed by atoms with E-state index in [-0.39, 0.29) is 194 Å². The van der Waals surface area contributed by atoms with Crippen LogP contribution in [0.3, 0.4) is 0 Å². The molecule has 0 saturated heterocycles. The molecule has 0 aromatic carbocycles.